The van der Waals surface area contributed by atoms with Crippen molar-refractivity contribution in [2.75, 3.05) is 20.6 Å². The summed E-state index contributed by atoms with van der Waals surface area (Å²) in [6.45, 7) is 2.48. The Hall–Kier alpha value is -2.55. The van der Waals surface area contributed by atoms with E-state index < -0.39 is 10.0 Å². The SMILES string of the molecule is Cc1nc(-c2ccc(CCNC(=O)c3ccc(S(=O)(=O)N(C)C)cc3)cc2)cs1. The van der Waals surface area contributed by atoms with E-state index in [9.17, 15) is 13.2 Å². The van der Waals surface area contributed by atoms with Gasteiger partial charge in [0.2, 0.25) is 10.0 Å². The summed E-state index contributed by atoms with van der Waals surface area (Å²) in [7, 11) is -0.552. The molecule has 152 valence electrons. The molecule has 2 aromatic carbocycles. The molecule has 0 saturated heterocycles. The highest BCUT2D eigenvalue weighted by molar-refractivity contribution is 7.89. The van der Waals surface area contributed by atoms with Crippen molar-refractivity contribution in [1.29, 1.82) is 0 Å². The highest BCUT2D eigenvalue weighted by Crippen LogP contribution is 2.22. The smallest absolute Gasteiger partial charge is 0.251 e. The summed E-state index contributed by atoms with van der Waals surface area (Å²) in [5.41, 5.74) is 3.60. The van der Waals surface area contributed by atoms with Gasteiger partial charge in [0.05, 0.1) is 15.6 Å². The van der Waals surface area contributed by atoms with Gasteiger partial charge in [0.25, 0.3) is 5.91 Å². The molecule has 1 N–H and O–H groups in total. The van der Waals surface area contributed by atoms with Crippen LogP contribution in [-0.2, 0) is 16.4 Å². The van der Waals surface area contributed by atoms with E-state index in [1.807, 2.05) is 36.6 Å². The lowest BCUT2D eigenvalue weighted by atomic mass is 10.1. The summed E-state index contributed by atoms with van der Waals surface area (Å²) >= 11 is 1.63. The van der Waals surface area contributed by atoms with Crippen molar-refractivity contribution in [2.24, 2.45) is 0 Å². The van der Waals surface area contributed by atoms with Crippen molar-refractivity contribution in [3.05, 3.63) is 70.0 Å². The first kappa shape index (κ1) is 21.2. The van der Waals surface area contributed by atoms with E-state index >= 15 is 0 Å². The molecule has 0 radical (unpaired) electrons. The molecule has 0 spiro atoms. The van der Waals surface area contributed by atoms with Crippen LogP contribution >= 0.6 is 11.3 Å². The fourth-order valence-electron chi connectivity index (χ4n) is 2.75. The fourth-order valence-corrected chi connectivity index (χ4v) is 4.27. The van der Waals surface area contributed by atoms with Crippen LogP contribution in [-0.4, -0.2) is 44.3 Å². The number of amides is 1. The number of thiazole rings is 1. The van der Waals surface area contributed by atoms with Crippen LogP contribution in [0.4, 0.5) is 0 Å². The molecule has 0 atom stereocenters. The molecule has 29 heavy (non-hydrogen) atoms. The predicted octanol–water partition coefficient (Wildman–Crippen LogP) is 3.34. The Kier molecular flexibility index (Phi) is 6.46. The molecule has 0 unspecified atom stereocenters. The molecule has 0 aliphatic heterocycles. The van der Waals surface area contributed by atoms with Gasteiger partial charge in [-0.25, -0.2) is 17.7 Å². The van der Waals surface area contributed by atoms with Gasteiger partial charge in [-0.2, -0.15) is 0 Å². The zero-order valence-corrected chi connectivity index (χ0v) is 18.2. The Bertz CT molecular complexity index is 1090. The number of carbonyl (C=O) groups excluding carboxylic acids is 1. The van der Waals surface area contributed by atoms with Crippen LogP contribution in [0.1, 0.15) is 20.9 Å². The van der Waals surface area contributed by atoms with E-state index in [1.165, 1.54) is 38.4 Å². The summed E-state index contributed by atoms with van der Waals surface area (Å²) in [4.78, 5) is 16.9. The minimum Gasteiger partial charge on any atom is -0.352 e. The molecule has 0 fully saturated rings. The number of nitrogens with one attached hydrogen (secondary N) is 1. The lowest BCUT2D eigenvalue weighted by molar-refractivity contribution is 0.0954. The summed E-state index contributed by atoms with van der Waals surface area (Å²) < 4.78 is 25.3. The molecule has 3 aromatic rings. The third kappa shape index (κ3) is 5.09. The molecule has 6 nitrogen and oxygen atoms in total. The van der Waals surface area contributed by atoms with Gasteiger partial charge < -0.3 is 5.32 Å². The van der Waals surface area contributed by atoms with Gasteiger partial charge in [-0.05, 0) is 43.2 Å². The topological polar surface area (TPSA) is 79.4 Å². The van der Waals surface area contributed by atoms with Crippen molar-refractivity contribution in [2.45, 2.75) is 18.2 Å². The second-order valence-electron chi connectivity index (χ2n) is 6.77. The molecular formula is C21H23N3O3S2. The first-order valence-electron chi connectivity index (χ1n) is 9.09. The molecule has 0 aliphatic carbocycles. The first-order valence-corrected chi connectivity index (χ1v) is 11.4. The van der Waals surface area contributed by atoms with E-state index in [4.69, 9.17) is 0 Å². The number of aryl methyl sites for hydroxylation is 1. The number of carbonyl (C=O) groups is 1. The monoisotopic (exact) mass is 429 g/mol. The fraction of sp³-hybridized carbons (Fsp3) is 0.238. The number of hydrogen-bond donors (Lipinski definition) is 1. The lowest BCUT2D eigenvalue weighted by Gasteiger charge is -2.11. The first-order chi connectivity index (χ1) is 13.8. The largest absolute Gasteiger partial charge is 0.352 e. The predicted molar refractivity (Wildman–Crippen MR) is 116 cm³/mol. The molecule has 1 amide bonds. The van der Waals surface area contributed by atoms with Crippen LogP contribution in [0.3, 0.4) is 0 Å². The Balaban J connectivity index is 1.54. The van der Waals surface area contributed by atoms with Gasteiger partial charge in [0.15, 0.2) is 0 Å². The number of sulfonamides is 1. The Morgan fingerprint density at radius 3 is 2.28 bits per heavy atom. The van der Waals surface area contributed by atoms with Gasteiger partial charge in [-0.1, -0.05) is 24.3 Å². The Labute approximate surface area is 175 Å². The third-order valence-corrected chi connectivity index (χ3v) is 7.07. The van der Waals surface area contributed by atoms with Gasteiger partial charge >= 0.3 is 0 Å². The summed E-state index contributed by atoms with van der Waals surface area (Å²) in [5.74, 6) is -0.228. The molecule has 1 aromatic heterocycles. The van der Waals surface area contributed by atoms with Gasteiger partial charge in [0.1, 0.15) is 0 Å². The van der Waals surface area contributed by atoms with Crippen LogP contribution in [0.5, 0.6) is 0 Å². The lowest BCUT2D eigenvalue weighted by Crippen LogP contribution is -2.26. The Morgan fingerprint density at radius 2 is 1.72 bits per heavy atom. The van der Waals surface area contributed by atoms with E-state index in [0.717, 1.165) is 26.1 Å². The van der Waals surface area contributed by atoms with Crippen LogP contribution < -0.4 is 5.32 Å². The zero-order valence-electron chi connectivity index (χ0n) is 16.5. The van der Waals surface area contributed by atoms with Crippen molar-refractivity contribution >= 4 is 27.3 Å². The number of rotatable bonds is 7. The van der Waals surface area contributed by atoms with E-state index in [-0.39, 0.29) is 10.8 Å². The molecule has 1 heterocycles. The number of benzene rings is 2. The van der Waals surface area contributed by atoms with Gasteiger partial charge in [-0.3, -0.25) is 4.79 Å². The summed E-state index contributed by atoms with van der Waals surface area (Å²) in [6.07, 6.45) is 0.704. The highest BCUT2D eigenvalue weighted by atomic mass is 32.2. The van der Waals surface area contributed by atoms with Crippen LogP contribution in [0.15, 0.2) is 58.8 Å². The van der Waals surface area contributed by atoms with Crippen molar-refractivity contribution in [1.82, 2.24) is 14.6 Å². The second kappa shape index (κ2) is 8.86. The normalized spacial score (nSPS) is 11.6. The minimum atomic E-state index is -3.50. The molecule has 8 heteroatoms. The van der Waals surface area contributed by atoms with Crippen molar-refractivity contribution in [3.63, 3.8) is 0 Å². The molecular weight excluding hydrogens is 406 g/mol. The number of nitrogens with zero attached hydrogens (tertiary/aromatic N) is 2. The maximum absolute atomic E-state index is 12.3. The Morgan fingerprint density at radius 1 is 1.07 bits per heavy atom. The van der Waals surface area contributed by atoms with Crippen LogP contribution in [0.25, 0.3) is 11.3 Å². The minimum absolute atomic E-state index is 0.162. The third-order valence-electron chi connectivity index (χ3n) is 4.46. The van der Waals surface area contributed by atoms with E-state index in [1.54, 1.807) is 11.3 Å². The van der Waals surface area contributed by atoms with E-state index in [2.05, 4.69) is 10.3 Å². The standard InChI is InChI=1S/C21H23N3O3S2/c1-15-23-20(14-28-15)17-6-4-16(5-7-17)12-13-22-21(25)18-8-10-19(11-9-18)29(26,27)24(2)3/h4-11,14H,12-13H2,1-3H3,(H,22,25). The average molecular weight is 430 g/mol. The molecule has 3 rings (SSSR count). The average Bonchev–Trinajstić information content (AvgIpc) is 3.14. The maximum atomic E-state index is 12.3. The highest BCUT2D eigenvalue weighted by Gasteiger charge is 2.17. The number of aromatic nitrogens is 1. The van der Waals surface area contributed by atoms with E-state index in [0.29, 0.717) is 18.5 Å². The van der Waals surface area contributed by atoms with Gasteiger partial charge in [-0.15, -0.1) is 11.3 Å². The van der Waals surface area contributed by atoms with Crippen molar-refractivity contribution in [3.8, 4) is 11.3 Å². The quantitative estimate of drug-likeness (QED) is 0.625. The van der Waals surface area contributed by atoms with Crippen LogP contribution in [0.2, 0.25) is 0 Å². The maximum Gasteiger partial charge on any atom is 0.251 e. The van der Waals surface area contributed by atoms with Crippen molar-refractivity contribution < 1.29 is 13.2 Å². The zero-order chi connectivity index (χ0) is 21.0. The molecule has 0 aliphatic rings. The van der Waals surface area contributed by atoms with Gasteiger partial charge in [0, 0.05) is 37.1 Å². The van der Waals surface area contributed by atoms with Crippen LogP contribution in [0, 0.1) is 6.92 Å². The summed E-state index contributed by atoms with van der Waals surface area (Å²) in [6, 6.07) is 14.1. The number of hydrogen-bond acceptors (Lipinski definition) is 5. The second-order valence-corrected chi connectivity index (χ2v) is 9.98. The molecule has 0 bridgehead atoms. The molecule has 0 saturated carbocycles. The summed E-state index contributed by atoms with van der Waals surface area (Å²) in [5, 5.41) is 5.95.